The van der Waals surface area contributed by atoms with E-state index < -0.39 is 0 Å². The molecule has 106 valence electrons. The van der Waals surface area contributed by atoms with Crippen LogP contribution in [0.3, 0.4) is 0 Å². The third kappa shape index (κ3) is 3.33. The molecule has 3 rings (SSSR count). The van der Waals surface area contributed by atoms with E-state index in [1.54, 1.807) is 0 Å². The van der Waals surface area contributed by atoms with Crippen LogP contribution in [-0.4, -0.2) is 4.98 Å². The Kier molecular flexibility index (Phi) is 4.47. The Hall–Kier alpha value is -2.22. The van der Waals surface area contributed by atoms with Crippen LogP contribution >= 0.6 is 27.3 Å². The van der Waals surface area contributed by atoms with Gasteiger partial charge in [-0.1, -0.05) is 58.4 Å². The smallest absolute Gasteiger partial charge is 0.134 e. The molecule has 0 aliphatic heterocycles. The van der Waals surface area contributed by atoms with Gasteiger partial charge in [-0.05, 0) is 23.8 Å². The molecule has 4 heteroatoms. The molecule has 2 aromatic carbocycles. The van der Waals surface area contributed by atoms with Crippen molar-refractivity contribution in [1.82, 2.24) is 4.98 Å². The van der Waals surface area contributed by atoms with Crippen molar-refractivity contribution >= 4 is 38.9 Å². The topological polar surface area (TPSA) is 36.7 Å². The predicted octanol–water partition coefficient (Wildman–Crippen LogP) is 5.64. The van der Waals surface area contributed by atoms with E-state index in [4.69, 9.17) is 0 Å². The average Bonchev–Trinajstić information content (AvgIpc) is 3.05. The summed E-state index contributed by atoms with van der Waals surface area (Å²) in [5, 5.41) is 12.1. The van der Waals surface area contributed by atoms with Crippen LogP contribution in [0.4, 0.5) is 0 Å². The van der Waals surface area contributed by atoms with Gasteiger partial charge in [0, 0.05) is 15.4 Å². The normalized spacial score (nSPS) is 11.2. The fourth-order valence-electron chi connectivity index (χ4n) is 2.01. The van der Waals surface area contributed by atoms with E-state index in [1.807, 2.05) is 66.1 Å². The fraction of sp³-hybridized carbons (Fsp3) is 0. The summed E-state index contributed by atoms with van der Waals surface area (Å²) in [7, 11) is 0. The van der Waals surface area contributed by atoms with Gasteiger partial charge in [0.15, 0.2) is 0 Å². The highest BCUT2D eigenvalue weighted by molar-refractivity contribution is 9.10. The van der Waals surface area contributed by atoms with E-state index in [-0.39, 0.29) is 0 Å². The molecule has 2 nitrogen and oxygen atoms in total. The van der Waals surface area contributed by atoms with Gasteiger partial charge in [-0.3, -0.25) is 0 Å². The Labute approximate surface area is 141 Å². The highest BCUT2D eigenvalue weighted by Gasteiger charge is 2.08. The molecule has 0 saturated carbocycles. The lowest BCUT2D eigenvalue weighted by Gasteiger charge is -1.97. The Balaban J connectivity index is 1.94. The van der Waals surface area contributed by atoms with Crippen LogP contribution in [-0.2, 0) is 0 Å². The van der Waals surface area contributed by atoms with Crippen LogP contribution in [0.1, 0.15) is 10.6 Å². The van der Waals surface area contributed by atoms with Gasteiger partial charge in [-0.25, -0.2) is 4.98 Å². The molecule has 0 atom stereocenters. The third-order valence-electron chi connectivity index (χ3n) is 3.11. The molecule has 1 heterocycles. The van der Waals surface area contributed by atoms with Gasteiger partial charge < -0.3 is 0 Å². The zero-order valence-electron chi connectivity index (χ0n) is 11.5. The van der Waals surface area contributed by atoms with Crippen molar-refractivity contribution in [2.75, 3.05) is 0 Å². The van der Waals surface area contributed by atoms with E-state index in [1.165, 1.54) is 11.3 Å². The number of hydrogen-bond donors (Lipinski definition) is 0. The molecule has 0 aliphatic carbocycles. The summed E-state index contributed by atoms with van der Waals surface area (Å²) in [4.78, 5) is 4.58. The summed E-state index contributed by atoms with van der Waals surface area (Å²) in [5.41, 5.74) is 3.52. The van der Waals surface area contributed by atoms with Crippen molar-refractivity contribution in [3.63, 3.8) is 0 Å². The molecule has 0 aliphatic rings. The van der Waals surface area contributed by atoms with E-state index >= 15 is 0 Å². The highest BCUT2D eigenvalue weighted by atomic mass is 79.9. The summed E-state index contributed by atoms with van der Waals surface area (Å²) in [5.74, 6) is 0. The summed E-state index contributed by atoms with van der Waals surface area (Å²) < 4.78 is 1.02. The Morgan fingerprint density at radius 1 is 1.09 bits per heavy atom. The van der Waals surface area contributed by atoms with Crippen LogP contribution in [0, 0.1) is 11.3 Å². The number of halogens is 1. The summed E-state index contributed by atoms with van der Waals surface area (Å²) in [6.45, 7) is 0. The maximum atomic E-state index is 9.41. The fourth-order valence-corrected chi connectivity index (χ4v) is 3.07. The number of nitriles is 1. The van der Waals surface area contributed by atoms with Crippen LogP contribution < -0.4 is 0 Å². The maximum absolute atomic E-state index is 9.41. The summed E-state index contributed by atoms with van der Waals surface area (Å²) in [6, 6.07) is 20.1. The second kappa shape index (κ2) is 6.69. The predicted molar refractivity (Wildman–Crippen MR) is 95.2 cm³/mol. The number of nitrogens with zero attached hydrogens (tertiary/aromatic N) is 2. The number of allylic oxidation sites excluding steroid dienone is 1. The second-order valence-corrected chi connectivity index (χ2v) is 6.40. The van der Waals surface area contributed by atoms with Crippen molar-refractivity contribution in [1.29, 1.82) is 5.26 Å². The minimum Gasteiger partial charge on any atom is -0.235 e. The number of aromatic nitrogens is 1. The van der Waals surface area contributed by atoms with Gasteiger partial charge >= 0.3 is 0 Å². The minimum absolute atomic E-state index is 0.578. The van der Waals surface area contributed by atoms with Gasteiger partial charge in [-0.15, -0.1) is 11.3 Å². The van der Waals surface area contributed by atoms with Gasteiger partial charge in [0.2, 0.25) is 0 Å². The molecule has 3 aromatic rings. The van der Waals surface area contributed by atoms with Crippen molar-refractivity contribution < 1.29 is 0 Å². The number of benzene rings is 2. The Bertz CT molecular complexity index is 843. The highest BCUT2D eigenvalue weighted by Crippen LogP contribution is 2.27. The SMILES string of the molecule is N#C/C(=C\c1ccc(Br)cc1)c1nc(-c2ccccc2)cs1. The van der Waals surface area contributed by atoms with Crippen LogP contribution in [0.5, 0.6) is 0 Å². The first-order valence-corrected chi connectivity index (χ1v) is 8.32. The molecule has 22 heavy (non-hydrogen) atoms. The molecule has 1 aromatic heterocycles. The lowest BCUT2D eigenvalue weighted by atomic mass is 10.1. The van der Waals surface area contributed by atoms with E-state index in [0.717, 1.165) is 26.3 Å². The third-order valence-corrected chi connectivity index (χ3v) is 4.51. The maximum Gasteiger partial charge on any atom is 0.134 e. The average molecular weight is 367 g/mol. The molecule has 0 saturated heterocycles. The quantitative estimate of drug-likeness (QED) is 0.562. The standard InChI is InChI=1S/C18H11BrN2S/c19-16-8-6-13(7-9-16)10-15(11-20)18-21-17(12-22-18)14-4-2-1-3-5-14/h1-10,12H/b15-10+. The second-order valence-electron chi connectivity index (χ2n) is 4.63. The van der Waals surface area contributed by atoms with Crippen LogP contribution in [0.15, 0.2) is 64.5 Å². The molecule has 0 radical (unpaired) electrons. The first-order chi connectivity index (χ1) is 10.8. The van der Waals surface area contributed by atoms with E-state index in [9.17, 15) is 5.26 Å². The molecule has 0 fully saturated rings. The zero-order chi connectivity index (χ0) is 15.4. The molecular weight excluding hydrogens is 356 g/mol. The Morgan fingerprint density at radius 3 is 2.50 bits per heavy atom. The number of hydrogen-bond acceptors (Lipinski definition) is 3. The van der Waals surface area contributed by atoms with E-state index in [0.29, 0.717) is 5.57 Å². The van der Waals surface area contributed by atoms with Gasteiger partial charge in [-0.2, -0.15) is 5.26 Å². The zero-order valence-corrected chi connectivity index (χ0v) is 13.9. The van der Waals surface area contributed by atoms with Crippen molar-refractivity contribution in [2.24, 2.45) is 0 Å². The molecule has 0 spiro atoms. The lowest BCUT2D eigenvalue weighted by Crippen LogP contribution is -1.82. The minimum atomic E-state index is 0.578. The van der Waals surface area contributed by atoms with Crippen LogP contribution in [0.25, 0.3) is 22.9 Å². The molecule has 0 unspecified atom stereocenters. The van der Waals surface area contributed by atoms with E-state index in [2.05, 4.69) is 27.0 Å². The lowest BCUT2D eigenvalue weighted by molar-refractivity contribution is 1.37. The molecule has 0 amide bonds. The van der Waals surface area contributed by atoms with Crippen molar-refractivity contribution in [3.05, 3.63) is 75.0 Å². The van der Waals surface area contributed by atoms with Crippen molar-refractivity contribution in [2.45, 2.75) is 0 Å². The summed E-state index contributed by atoms with van der Waals surface area (Å²) >= 11 is 4.90. The van der Waals surface area contributed by atoms with Crippen LogP contribution in [0.2, 0.25) is 0 Å². The van der Waals surface area contributed by atoms with Gasteiger partial charge in [0.1, 0.15) is 11.1 Å². The summed E-state index contributed by atoms with van der Waals surface area (Å²) in [6.07, 6.45) is 1.86. The molecule has 0 N–H and O–H groups in total. The van der Waals surface area contributed by atoms with Gasteiger partial charge in [0.25, 0.3) is 0 Å². The first kappa shape index (κ1) is 14.7. The molecular formula is C18H11BrN2S. The number of rotatable bonds is 3. The monoisotopic (exact) mass is 366 g/mol. The molecule has 0 bridgehead atoms. The first-order valence-electron chi connectivity index (χ1n) is 6.65. The number of thiazole rings is 1. The largest absolute Gasteiger partial charge is 0.235 e. The van der Waals surface area contributed by atoms with Gasteiger partial charge in [0.05, 0.1) is 11.3 Å². The van der Waals surface area contributed by atoms with Crippen molar-refractivity contribution in [3.8, 4) is 17.3 Å². The Morgan fingerprint density at radius 2 is 1.82 bits per heavy atom.